The van der Waals surface area contributed by atoms with Gasteiger partial charge in [0.05, 0.1) is 35.9 Å². The first-order valence-electron chi connectivity index (χ1n) is 8.15. The van der Waals surface area contributed by atoms with Crippen LogP contribution in [0.3, 0.4) is 0 Å². The van der Waals surface area contributed by atoms with Gasteiger partial charge in [-0.1, -0.05) is 23.9 Å². The average Bonchev–Trinajstić information content (AvgIpc) is 3.14. The minimum atomic E-state index is -0.596. The van der Waals surface area contributed by atoms with E-state index < -0.39 is 6.03 Å². The minimum absolute atomic E-state index is 0.131. The van der Waals surface area contributed by atoms with E-state index in [1.165, 1.54) is 37.3 Å². The lowest BCUT2D eigenvalue weighted by atomic mass is 10.2. The van der Waals surface area contributed by atoms with Gasteiger partial charge in [0.15, 0.2) is 4.34 Å². The summed E-state index contributed by atoms with van der Waals surface area (Å²) in [6.45, 7) is 0. The molecule has 0 aliphatic carbocycles. The monoisotopic (exact) mass is 418 g/mol. The van der Waals surface area contributed by atoms with Crippen LogP contribution in [0.4, 0.5) is 10.5 Å². The average molecular weight is 419 g/mol. The van der Waals surface area contributed by atoms with E-state index in [1.807, 2.05) is 24.3 Å². The summed E-state index contributed by atoms with van der Waals surface area (Å²) in [7, 11) is 3.02. The van der Waals surface area contributed by atoms with Crippen LogP contribution in [0.1, 0.15) is 0 Å². The number of thiazole rings is 1. The molecule has 0 fully saturated rings. The van der Waals surface area contributed by atoms with E-state index >= 15 is 0 Å². The summed E-state index contributed by atoms with van der Waals surface area (Å²) in [5.74, 6) is 0.822. The van der Waals surface area contributed by atoms with E-state index in [4.69, 9.17) is 9.47 Å². The van der Waals surface area contributed by atoms with Crippen molar-refractivity contribution in [1.29, 1.82) is 0 Å². The molecule has 1 heterocycles. The van der Waals surface area contributed by atoms with Gasteiger partial charge in [-0.3, -0.25) is 10.2 Å². The van der Waals surface area contributed by atoms with E-state index in [1.54, 1.807) is 18.2 Å². The molecule has 1 aromatic heterocycles. The first-order chi connectivity index (χ1) is 13.6. The van der Waals surface area contributed by atoms with Gasteiger partial charge in [0.2, 0.25) is 5.91 Å². The molecule has 3 amide bonds. The summed E-state index contributed by atoms with van der Waals surface area (Å²) < 4.78 is 12.2. The lowest BCUT2D eigenvalue weighted by Gasteiger charge is -2.12. The number of ether oxygens (including phenoxy) is 2. The number of aromatic nitrogens is 1. The van der Waals surface area contributed by atoms with Gasteiger partial charge in [0, 0.05) is 6.07 Å². The molecule has 0 aliphatic rings. The predicted octanol–water partition coefficient (Wildman–Crippen LogP) is 3.26. The molecule has 10 heteroatoms. The number of anilines is 1. The molecule has 146 valence electrons. The Bertz CT molecular complexity index is 960. The highest BCUT2D eigenvalue weighted by Crippen LogP contribution is 2.29. The lowest BCUT2D eigenvalue weighted by Crippen LogP contribution is -2.44. The number of amides is 3. The topological polar surface area (TPSA) is 102 Å². The van der Waals surface area contributed by atoms with Crippen molar-refractivity contribution in [3.63, 3.8) is 0 Å². The van der Waals surface area contributed by atoms with Gasteiger partial charge in [-0.05, 0) is 24.3 Å². The van der Waals surface area contributed by atoms with Crippen molar-refractivity contribution >= 4 is 50.9 Å². The van der Waals surface area contributed by atoms with Crippen LogP contribution in [-0.4, -0.2) is 36.9 Å². The third-order valence-electron chi connectivity index (χ3n) is 3.57. The third-order valence-corrected chi connectivity index (χ3v) is 5.75. The zero-order valence-corrected chi connectivity index (χ0v) is 16.8. The Hall–Kier alpha value is -2.98. The molecule has 0 saturated heterocycles. The maximum absolute atomic E-state index is 12.0. The van der Waals surface area contributed by atoms with Gasteiger partial charge in [-0.25, -0.2) is 15.2 Å². The van der Waals surface area contributed by atoms with Crippen molar-refractivity contribution in [2.75, 3.05) is 25.3 Å². The highest BCUT2D eigenvalue weighted by atomic mass is 32.2. The fourth-order valence-electron chi connectivity index (χ4n) is 2.26. The van der Waals surface area contributed by atoms with Gasteiger partial charge in [0.1, 0.15) is 11.5 Å². The van der Waals surface area contributed by atoms with Crippen molar-refractivity contribution in [1.82, 2.24) is 15.8 Å². The Balaban J connectivity index is 1.47. The highest BCUT2D eigenvalue weighted by molar-refractivity contribution is 8.01. The van der Waals surface area contributed by atoms with Gasteiger partial charge in [-0.15, -0.1) is 11.3 Å². The molecule has 0 radical (unpaired) electrons. The largest absolute Gasteiger partial charge is 0.497 e. The van der Waals surface area contributed by atoms with E-state index in [0.717, 1.165) is 14.6 Å². The van der Waals surface area contributed by atoms with Crippen LogP contribution in [0.2, 0.25) is 0 Å². The number of carbonyl (C=O) groups is 2. The fraction of sp³-hybridized carbons (Fsp3) is 0.167. The summed E-state index contributed by atoms with van der Waals surface area (Å²) in [5, 5.41) is 2.60. The summed E-state index contributed by atoms with van der Waals surface area (Å²) in [4.78, 5) is 28.4. The number of benzene rings is 2. The smallest absolute Gasteiger partial charge is 0.338 e. The van der Waals surface area contributed by atoms with Gasteiger partial charge < -0.3 is 14.8 Å². The van der Waals surface area contributed by atoms with Crippen molar-refractivity contribution in [2.45, 2.75) is 4.34 Å². The molecule has 0 atom stereocenters. The molecular formula is C18H18N4O4S2. The Labute approximate surface area is 169 Å². The molecule has 3 rings (SSSR count). The van der Waals surface area contributed by atoms with Crippen LogP contribution in [-0.2, 0) is 4.79 Å². The van der Waals surface area contributed by atoms with Crippen molar-refractivity contribution in [3.05, 3.63) is 42.5 Å². The second-order valence-electron chi connectivity index (χ2n) is 5.43. The first kappa shape index (κ1) is 19.8. The normalized spacial score (nSPS) is 10.4. The number of nitrogens with one attached hydrogen (secondary N) is 3. The van der Waals surface area contributed by atoms with Crippen LogP contribution < -0.4 is 25.6 Å². The summed E-state index contributed by atoms with van der Waals surface area (Å²) >= 11 is 2.83. The summed E-state index contributed by atoms with van der Waals surface area (Å²) in [6, 6.07) is 12.1. The van der Waals surface area contributed by atoms with E-state index in [2.05, 4.69) is 21.2 Å². The quantitative estimate of drug-likeness (QED) is 0.420. The Morgan fingerprint density at radius 3 is 2.68 bits per heavy atom. The molecule has 0 unspecified atom stereocenters. The second-order valence-corrected chi connectivity index (χ2v) is 7.68. The Morgan fingerprint density at radius 1 is 1.11 bits per heavy atom. The number of rotatable bonds is 6. The van der Waals surface area contributed by atoms with E-state index in [0.29, 0.717) is 17.2 Å². The fourth-order valence-corrected chi connectivity index (χ4v) is 4.13. The number of nitrogens with zero attached hydrogens (tertiary/aromatic N) is 1. The predicted molar refractivity (Wildman–Crippen MR) is 110 cm³/mol. The zero-order chi connectivity index (χ0) is 19.9. The molecule has 3 N–H and O–H groups in total. The van der Waals surface area contributed by atoms with E-state index in [9.17, 15) is 9.59 Å². The SMILES string of the molecule is COc1ccc(NC(=O)NNC(=O)CSc2nc3ccccc3s2)c(OC)c1. The number of carbonyl (C=O) groups excluding carboxylic acids is 2. The summed E-state index contributed by atoms with van der Waals surface area (Å²) in [5.41, 5.74) is 6.01. The third kappa shape index (κ3) is 5.05. The van der Waals surface area contributed by atoms with Crippen molar-refractivity contribution < 1.29 is 19.1 Å². The van der Waals surface area contributed by atoms with Gasteiger partial charge in [0.25, 0.3) is 0 Å². The van der Waals surface area contributed by atoms with Crippen LogP contribution in [0.25, 0.3) is 10.2 Å². The standard InChI is InChI=1S/C18H18N4O4S2/c1-25-11-7-8-12(14(9-11)26-2)19-17(24)22-21-16(23)10-27-18-20-13-5-3-4-6-15(13)28-18/h3-9H,10H2,1-2H3,(H,21,23)(H2,19,22,24). The molecule has 2 aromatic carbocycles. The first-order valence-corrected chi connectivity index (χ1v) is 9.95. The second kappa shape index (κ2) is 9.29. The number of thioether (sulfide) groups is 1. The van der Waals surface area contributed by atoms with Crippen LogP contribution in [0.5, 0.6) is 11.5 Å². The Morgan fingerprint density at radius 2 is 1.93 bits per heavy atom. The van der Waals surface area contributed by atoms with Crippen LogP contribution in [0, 0.1) is 0 Å². The molecule has 8 nitrogen and oxygen atoms in total. The maximum Gasteiger partial charge on any atom is 0.338 e. The number of urea groups is 1. The Kier molecular flexibility index (Phi) is 6.56. The number of methoxy groups -OCH3 is 2. The van der Waals surface area contributed by atoms with Gasteiger partial charge >= 0.3 is 6.03 Å². The lowest BCUT2D eigenvalue weighted by molar-refractivity contribution is -0.119. The molecule has 0 aliphatic heterocycles. The maximum atomic E-state index is 12.0. The molecule has 0 bridgehead atoms. The summed E-state index contributed by atoms with van der Waals surface area (Å²) in [6.07, 6.45) is 0. The number of fused-ring (bicyclic) bond motifs is 1. The molecule has 0 saturated carbocycles. The van der Waals surface area contributed by atoms with E-state index in [-0.39, 0.29) is 11.7 Å². The molecule has 0 spiro atoms. The van der Waals surface area contributed by atoms with Crippen molar-refractivity contribution in [2.24, 2.45) is 0 Å². The van der Waals surface area contributed by atoms with Gasteiger partial charge in [-0.2, -0.15) is 0 Å². The molecular weight excluding hydrogens is 400 g/mol. The molecule has 3 aromatic rings. The van der Waals surface area contributed by atoms with Crippen molar-refractivity contribution in [3.8, 4) is 11.5 Å². The highest BCUT2D eigenvalue weighted by Gasteiger charge is 2.11. The molecule has 28 heavy (non-hydrogen) atoms. The number of para-hydroxylation sites is 1. The van der Waals surface area contributed by atoms with Crippen LogP contribution >= 0.6 is 23.1 Å². The minimum Gasteiger partial charge on any atom is -0.497 e. The van der Waals surface area contributed by atoms with Crippen LogP contribution in [0.15, 0.2) is 46.8 Å². The number of hydrogen-bond acceptors (Lipinski definition) is 7. The number of hydrazine groups is 1. The number of hydrogen-bond donors (Lipinski definition) is 3. The zero-order valence-electron chi connectivity index (χ0n) is 15.1.